The van der Waals surface area contributed by atoms with Gasteiger partial charge < -0.3 is 5.11 Å². The lowest BCUT2D eigenvalue weighted by molar-refractivity contribution is 0.166. The van der Waals surface area contributed by atoms with Crippen LogP contribution in [0.3, 0.4) is 0 Å². The molecule has 0 aliphatic carbocycles. The summed E-state index contributed by atoms with van der Waals surface area (Å²) in [6.07, 6.45) is 2.82. The fourth-order valence-corrected chi connectivity index (χ4v) is 2.68. The van der Waals surface area contributed by atoms with E-state index in [0.717, 1.165) is 24.2 Å². The number of rotatable bonds is 3. The summed E-state index contributed by atoms with van der Waals surface area (Å²) in [4.78, 5) is 2.43. The monoisotopic (exact) mass is 275 g/mol. The van der Waals surface area contributed by atoms with Crippen LogP contribution in [0.2, 0.25) is 0 Å². The molecule has 1 aromatic carbocycles. The molecule has 0 aromatic heterocycles. The number of hydrogen-bond acceptors (Lipinski definition) is 2. The van der Waals surface area contributed by atoms with E-state index >= 15 is 0 Å². The largest absolute Gasteiger partial charge is 0.395 e. The number of benzene rings is 1. The molecule has 1 N–H and O–H groups in total. The predicted octanol–water partition coefficient (Wildman–Crippen LogP) is 2.93. The van der Waals surface area contributed by atoms with Crippen LogP contribution in [0.1, 0.15) is 44.2 Å². The van der Waals surface area contributed by atoms with Crippen molar-refractivity contribution in [2.24, 2.45) is 0 Å². The summed E-state index contributed by atoms with van der Waals surface area (Å²) >= 11 is 0. The van der Waals surface area contributed by atoms with E-state index in [1.165, 1.54) is 25.0 Å². The molecule has 1 heterocycles. The summed E-state index contributed by atoms with van der Waals surface area (Å²) in [6.45, 7) is 6.42. The zero-order chi connectivity index (χ0) is 14.6. The van der Waals surface area contributed by atoms with Crippen LogP contribution in [0, 0.1) is 17.7 Å². The van der Waals surface area contributed by atoms with Crippen LogP contribution in [0.5, 0.6) is 0 Å². The van der Waals surface area contributed by atoms with Crippen LogP contribution in [0.15, 0.2) is 18.2 Å². The van der Waals surface area contributed by atoms with E-state index in [2.05, 4.69) is 30.6 Å². The van der Waals surface area contributed by atoms with Gasteiger partial charge in [-0.2, -0.15) is 0 Å². The quantitative estimate of drug-likeness (QED) is 0.857. The van der Waals surface area contributed by atoms with Gasteiger partial charge in [-0.05, 0) is 50.9 Å². The fourth-order valence-electron chi connectivity index (χ4n) is 2.68. The maximum atomic E-state index is 13.4. The molecule has 1 aliphatic rings. The third-order valence-corrected chi connectivity index (χ3v) is 3.97. The molecule has 1 fully saturated rings. The van der Waals surface area contributed by atoms with Crippen molar-refractivity contribution in [2.45, 2.75) is 45.2 Å². The molecule has 0 amide bonds. The second-order valence-electron chi connectivity index (χ2n) is 5.91. The highest BCUT2D eigenvalue weighted by molar-refractivity contribution is 5.41. The minimum atomic E-state index is -0.261. The van der Waals surface area contributed by atoms with Crippen molar-refractivity contribution in [3.63, 3.8) is 0 Å². The van der Waals surface area contributed by atoms with Gasteiger partial charge in [0.25, 0.3) is 0 Å². The third-order valence-electron chi connectivity index (χ3n) is 3.97. The van der Waals surface area contributed by atoms with Crippen molar-refractivity contribution in [1.82, 2.24) is 4.90 Å². The van der Waals surface area contributed by atoms with E-state index < -0.39 is 0 Å². The Balaban J connectivity index is 2.21. The summed E-state index contributed by atoms with van der Waals surface area (Å²) < 4.78 is 13.4. The smallest absolute Gasteiger partial charge is 0.124 e. The van der Waals surface area contributed by atoms with Crippen molar-refractivity contribution < 1.29 is 9.50 Å². The summed E-state index contributed by atoms with van der Waals surface area (Å²) in [5.41, 5.74) is 2.00. The van der Waals surface area contributed by atoms with Gasteiger partial charge in [0.1, 0.15) is 5.82 Å². The predicted molar refractivity (Wildman–Crippen MR) is 78.7 cm³/mol. The Morgan fingerprint density at radius 1 is 1.40 bits per heavy atom. The van der Waals surface area contributed by atoms with Crippen molar-refractivity contribution >= 4 is 0 Å². The zero-order valence-electron chi connectivity index (χ0n) is 12.2. The lowest BCUT2D eigenvalue weighted by Crippen LogP contribution is -2.37. The average Bonchev–Trinajstić information content (AvgIpc) is 2.72. The van der Waals surface area contributed by atoms with Crippen LogP contribution < -0.4 is 0 Å². The molecule has 0 saturated carbocycles. The van der Waals surface area contributed by atoms with Crippen LogP contribution >= 0.6 is 0 Å². The number of nitrogens with zero attached hydrogens (tertiary/aromatic N) is 1. The normalized spacial score (nSPS) is 17.8. The molecule has 1 aliphatic heterocycles. The number of likely N-dealkylation sites (tertiary alicyclic amines) is 1. The Kier molecular flexibility index (Phi) is 4.80. The van der Waals surface area contributed by atoms with Crippen LogP contribution in [-0.2, 0) is 6.54 Å². The van der Waals surface area contributed by atoms with E-state index in [-0.39, 0.29) is 18.0 Å². The average molecular weight is 275 g/mol. The van der Waals surface area contributed by atoms with Crippen LogP contribution in [0.4, 0.5) is 4.39 Å². The highest BCUT2D eigenvalue weighted by Crippen LogP contribution is 2.30. The summed E-state index contributed by atoms with van der Waals surface area (Å²) in [5.74, 6) is 5.60. The SMILES string of the molecule is CC1(C)CCCN1Cc1ccc(F)cc1C#CCCO. The van der Waals surface area contributed by atoms with Crippen molar-refractivity contribution in [2.75, 3.05) is 13.2 Å². The maximum absolute atomic E-state index is 13.4. The standard InChI is InChI=1S/C17H22FNO/c1-17(2)9-5-10-19(17)13-15-7-8-16(18)12-14(15)6-3-4-11-20/h7-8,12,20H,4-5,9-11,13H2,1-2H3. The van der Waals surface area contributed by atoms with Gasteiger partial charge in [-0.25, -0.2) is 4.39 Å². The van der Waals surface area contributed by atoms with Crippen LogP contribution in [-0.4, -0.2) is 28.7 Å². The second kappa shape index (κ2) is 6.39. The molecule has 0 spiro atoms. The molecular weight excluding hydrogens is 253 g/mol. The van der Waals surface area contributed by atoms with Crippen molar-refractivity contribution in [3.8, 4) is 11.8 Å². The van der Waals surface area contributed by atoms with E-state index in [0.29, 0.717) is 6.42 Å². The third kappa shape index (κ3) is 3.59. The molecule has 0 unspecified atom stereocenters. The van der Waals surface area contributed by atoms with Crippen molar-refractivity contribution in [1.29, 1.82) is 0 Å². The van der Waals surface area contributed by atoms with Gasteiger partial charge >= 0.3 is 0 Å². The minimum absolute atomic E-state index is 0.0385. The number of aliphatic hydroxyl groups is 1. The van der Waals surface area contributed by atoms with Crippen molar-refractivity contribution in [3.05, 3.63) is 35.1 Å². The zero-order valence-corrected chi connectivity index (χ0v) is 12.2. The van der Waals surface area contributed by atoms with Crippen LogP contribution in [0.25, 0.3) is 0 Å². The molecule has 1 aromatic rings. The first-order valence-electron chi connectivity index (χ1n) is 7.16. The Hall–Kier alpha value is -1.37. The number of halogens is 1. The van der Waals surface area contributed by atoms with Gasteiger partial charge in [0.2, 0.25) is 0 Å². The summed E-state index contributed by atoms with van der Waals surface area (Å²) in [7, 11) is 0. The van der Waals surface area contributed by atoms with Gasteiger partial charge in [-0.1, -0.05) is 17.9 Å². The summed E-state index contributed by atoms with van der Waals surface area (Å²) in [5, 5.41) is 8.78. The van der Waals surface area contributed by atoms with Gasteiger partial charge in [-0.3, -0.25) is 4.90 Å². The maximum Gasteiger partial charge on any atom is 0.124 e. The van der Waals surface area contributed by atoms with Gasteiger partial charge in [-0.15, -0.1) is 0 Å². The van der Waals surface area contributed by atoms with Gasteiger partial charge in [0, 0.05) is 24.1 Å². The molecule has 0 radical (unpaired) electrons. The minimum Gasteiger partial charge on any atom is -0.395 e. The van der Waals surface area contributed by atoms with E-state index in [4.69, 9.17) is 5.11 Å². The Labute approximate surface area is 120 Å². The lowest BCUT2D eigenvalue weighted by Gasteiger charge is -2.31. The fraction of sp³-hybridized carbons (Fsp3) is 0.529. The molecule has 0 atom stereocenters. The Morgan fingerprint density at radius 3 is 2.85 bits per heavy atom. The first-order chi connectivity index (χ1) is 9.53. The molecule has 20 heavy (non-hydrogen) atoms. The van der Waals surface area contributed by atoms with Gasteiger partial charge in [0.15, 0.2) is 0 Å². The Morgan fingerprint density at radius 2 is 2.20 bits per heavy atom. The lowest BCUT2D eigenvalue weighted by atomic mass is 10.0. The highest BCUT2D eigenvalue weighted by Gasteiger charge is 2.31. The Bertz CT molecular complexity index is 528. The molecule has 108 valence electrons. The highest BCUT2D eigenvalue weighted by atomic mass is 19.1. The second-order valence-corrected chi connectivity index (χ2v) is 5.91. The van der Waals surface area contributed by atoms with Gasteiger partial charge in [0.05, 0.1) is 6.61 Å². The van der Waals surface area contributed by atoms with E-state index in [1.54, 1.807) is 0 Å². The van der Waals surface area contributed by atoms with E-state index in [9.17, 15) is 4.39 Å². The molecular formula is C17H22FNO. The number of aliphatic hydroxyl groups excluding tert-OH is 1. The molecule has 1 saturated heterocycles. The molecule has 3 heteroatoms. The molecule has 0 bridgehead atoms. The first-order valence-corrected chi connectivity index (χ1v) is 7.16. The topological polar surface area (TPSA) is 23.5 Å². The molecule has 2 nitrogen and oxygen atoms in total. The molecule has 2 rings (SSSR count). The first kappa shape index (κ1) is 15.0. The van der Waals surface area contributed by atoms with E-state index in [1.807, 2.05) is 6.07 Å². The summed E-state index contributed by atoms with van der Waals surface area (Å²) in [6, 6.07) is 4.81. The number of hydrogen-bond donors (Lipinski definition) is 1.